The third-order valence-corrected chi connectivity index (χ3v) is 3.45. The molecule has 1 saturated heterocycles. The van der Waals surface area contributed by atoms with Crippen LogP contribution >= 0.6 is 40.7 Å². The topological polar surface area (TPSA) is 15.3 Å². The van der Waals surface area contributed by atoms with Gasteiger partial charge in [-0.25, -0.2) is 0 Å². The van der Waals surface area contributed by atoms with Crippen LogP contribution in [0, 0.1) is 0 Å². The number of hydrogen-bond donors (Lipinski definition) is 1. The fraction of sp³-hybridized carbons (Fsp3) is 0.385. The second-order valence-electron chi connectivity index (χ2n) is 4.02. The summed E-state index contributed by atoms with van der Waals surface area (Å²) in [5.41, 5.74) is 1.31. The van der Waals surface area contributed by atoms with Gasteiger partial charge in [-0.3, -0.25) is 4.90 Å². The molecule has 0 aromatic heterocycles. The summed E-state index contributed by atoms with van der Waals surface area (Å²) in [6.07, 6.45) is 2.03. The highest BCUT2D eigenvalue weighted by atomic mass is 79.9. The number of benzene rings is 1. The third-order valence-electron chi connectivity index (χ3n) is 2.96. The first-order valence-corrected chi connectivity index (χ1v) is 6.43. The molecule has 2 nitrogen and oxygen atoms in total. The van der Waals surface area contributed by atoms with Crippen molar-refractivity contribution in [2.45, 2.75) is 6.04 Å². The summed E-state index contributed by atoms with van der Waals surface area (Å²) >= 11 is 3.52. The fourth-order valence-electron chi connectivity index (χ4n) is 2.15. The fourth-order valence-corrected chi connectivity index (χ4v) is 2.56. The molecule has 5 heteroatoms. The predicted molar refractivity (Wildman–Crippen MR) is 86.0 cm³/mol. The molecule has 1 aliphatic heterocycles. The first-order chi connectivity index (χ1) is 7.81. The minimum absolute atomic E-state index is 0. The lowest BCUT2D eigenvalue weighted by Crippen LogP contribution is -2.44. The van der Waals surface area contributed by atoms with E-state index in [9.17, 15) is 0 Å². The molecular formula is C13H19BrCl2N2. The number of piperazine rings is 1. The Morgan fingerprint density at radius 3 is 2.50 bits per heavy atom. The van der Waals surface area contributed by atoms with Gasteiger partial charge in [-0.05, 0) is 17.7 Å². The minimum atomic E-state index is 0. The Morgan fingerprint density at radius 2 is 1.94 bits per heavy atom. The van der Waals surface area contributed by atoms with Crippen LogP contribution in [0.1, 0.15) is 11.6 Å². The van der Waals surface area contributed by atoms with E-state index >= 15 is 0 Å². The lowest BCUT2D eigenvalue weighted by atomic mass is 10.0. The number of nitrogens with zero attached hydrogens (tertiary/aromatic N) is 1. The molecule has 0 bridgehead atoms. The van der Waals surface area contributed by atoms with Crippen LogP contribution in [0.25, 0.3) is 0 Å². The Hall–Kier alpha value is -0.0600. The molecule has 0 aliphatic carbocycles. The molecule has 2 rings (SSSR count). The van der Waals surface area contributed by atoms with E-state index in [0.717, 1.165) is 30.7 Å². The van der Waals surface area contributed by atoms with Crippen molar-refractivity contribution in [3.05, 3.63) is 47.0 Å². The number of halogens is 3. The van der Waals surface area contributed by atoms with Crippen molar-refractivity contribution in [1.29, 1.82) is 0 Å². The van der Waals surface area contributed by atoms with E-state index < -0.39 is 0 Å². The highest BCUT2D eigenvalue weighted by Crippen LogP contribution is 2.24. The Morgan fingerprint density at radius 1 is 1.28 bits per heavy atom. The molecule has 0 saturated carbocycles. The minimum Gasteiger partial charge on any atom is -0.314 e. The smallest absolute Gasteiger partial charge is 0.0530 e. The molecule has 102 valence electrons. The third kappa shape index (κ3) is 4.56. The Kier molecular flexibility index (Phi) is 8.91. The SMILES string of the molecule is C=C[C@H](c1cccc(Br)c1)N1CCNCC1.Cl.Cl. The van der Waals surface area contributed by atoms with Gasteiger partial charge in [0.15, 0.2) is 0 Å². The van der Waals surface area contributed by atoms with Crippen LogP contribution in [0.4, 0.5) is 0 Å². The van der Waals surface area contributed by atoms with E-state index in [1.165, 1.54) is 5.56 Å². The summed E-state index contributed by atoms with van der Waals surface area (Å²) in [5.74, 6) is 0. The van der Waals surface area contributed by atoms with Gasteiger partial charge in [-0.1, -0.05) is 34.1 Å². The second kappa shape index (κ2) is 8.94. The van der Waals surface area contributed by atoms with Crippen molar-refractivity contribution in [3.8, 4) is 0 Å². The lowest BCUT2D eigenvalue weighted by molar-refractivity contribution is 0.203. The molecular weight excluding hydrogens is 335 g/mol. The summed E-state index contributed by atoms with van der Waals surface area (Å²) in [6, 6.07) is 8.81. The first kappa shape index (κ1) is 17.9. The van der Waals surface area contributed by atoms with E-state index in [4.69, 9.17) is 0 Å². The zero-order valence-corrected chi connectivity index (χ0v) is 13.4. The summed E-state index contributed by atoms with van der Waals surface area (Å²) in [6.45, 7) is 8.27. The largest absolute Gasteiger partial charge is 0.314 e. The summed E-state index contributed by atoms with van der Waals surface area (Å²) in [7, 11) is 0. The standard InChI is InChI=1S/C13H17BrN2.2ClH/c1-2-13(16-8-6-15-7-9-16)11-4-3-5-12(14)10-11;;/h2-5,10,13,15H,1,6-9H2;2*1H/t13-;;/m1../s1. The molecule has 0 radical (unpaired) electrons. The maximum Gasteiger partial charge on any atom is 0.0530 e. The van der Waals surface area contributed by atoms with Gasteiger partial charge in [0.2, 0.25) is 0 Å². The van der Waals surface area contributed by atoms with Gasteiger partial charge in [0, 0.05) is 30.7 Å². The van der Waals surface area contributed by atoms with Crippen molar-refractivity contribution in [3.63, 3.8) is 0 Å². The molecule has 1 aromatic carbocycles. The molecule has 1 aromatic rings. The van der Waals surface area contributed by atoms with Crippen LogP contribution in [0.15, 0.2) is 41.4 Å². The van der Waals surface area contributed by atoms with Gasteiger partial charge < -0.3 is 5.32 Å². The van der Waals surface area contributed by atoms with Gasteiger partial charge in [-0.15, -0.1) is 31.4 Å². The molecule has 1 N–H and O–H groups in total. The number of hydrogen-bond acceptors (Lipinski definition) is 2. The average Bonchev–Trinajstić information content (AvgIpc) is 2.31. The predicted octanol–water partition coefficient (Wildman–Crippen LogP) is 3.43. The van der Waals surface area contributed by atoms with Gasteiger partial charge in [0.1, 0.15) is 0 Å². The van der Waals surface area contributed by atoms with Crippen LogP contribution in [0.3, 0.4) is 0 Å². The van der Waals surface area contributed by atoms with Crippen molar-refractivity contribution in [2.75, 3.05) is 26.2 Å². The molecule has 18 heavy (non-hydrogen) atoms. The van der Waals surface area contributed by atoms with E-state index in [0.29, 0.717) is 6.04 Å². The molecule has 1 heterocycles. The van der Waals surface area contributed by atoms with Crippen LogP contribution in [-0.4, -0.2) is 31.1 Å². The molecule has 0 unspecified atom stereocenters. The van der Waals surface area contributed by atoms with Crippen molar-refractivity contribution >= 4 is 40.7 Å². The van der Waals surface area contributed by atoms with Gasteiger partial charge in [0.25, 0.3) is 0 Å². The van der Waals surface area contributed by atoms with Crippen LogP contribution in [0.2, 0.25) is 0 Å². The van der Waals surface area contributed by atoms with Gasteiger partial charge in [0.05, 0.1) is 6.04 Å². The van der Waals surface area contributed by atoms with E-state index in [-0.39, 0.29) is 24.8 Å². The van der Waals surface area contributed by atoms with Gasteiger partial charge >= 0.3 is 0 Å². The molecule has 1 fully saturated rings. The van der Waals surface area contributed by atoms with E-state index in [1.54, 1.807) is 0 Å². The highest BCUT2D eigenvalue weighted by Gasteiger charge is 2.19. The Labute approximate surface area is 130 Å². The normalized spacial score (nSPS) is 17.2. The van der Waals surface area contributed by atoms with Gasteiger partial charge in [-0.2, -0.15) is 0 Å². The van der Waals surface area contributed by atoms with E-state index in [1.807, 2.05) is 6.08 Å². The zero-order valence-electron chi connectivity index (χ0n) is 10.1. The quantitative estimate of drug-likeness (QED) is 0.837. The van der Waals surface area contributed by atoms with E-state index in [2.05, 4.69) is 57.0 Å². The molecule has 0 spiro atoms. The number of rotatable bonds is 3. The lowest BCUT2D eigenvalue weighted by Gasteiger charge is -2.33. The van der Waals surface area contributed by atoms with Crippen LogP contribution in [0.5, 0.6) is 0 Å². The molecule has 1 atom stereocenters. The van der Waals surface area contributed by atoms with Crippen LogP contribution < -0.4 is 5.32 Å². The highest BCUT2D eigenvalue weighted by molar-refractivity contribution is 9.10. The van der Waals surface area contributed by atoms with Crippen molar-refractivity contribution in [2.24, 2.45) is 0 Å². The molecule has 1 aliphatic rings. The summed E-state index contributed by atoms with van der Waals surface area (Å²) < 4.78 is 1.13. The molecule has 0 amide bonds. The summed E-state index contributed by atoms with van der Waals surface area (Å²) in [4.78, 5) is 2.46. The van der Waals surface area contributed by atoms with Crippen molar-refractivity contribution in [1.82, 2.24) is 10.2 Å². The number of nitrogens with one attached hydrogen (secondary N) is 1. The second-order valence-corrected chi connectivity index (χ2v) is 4.94. The maximum absolute atomic E-state index is 3.96. The summed E-state index contributed by atoms with van der Waals surface area (Å²) in [5, 5.41) is 3.37. The average molecular weight is 354 g/mol. The Bertz CT molecular complexity index is 368. The maximum atomic E-state index is 3.96. The van der Waals surface area contributed by atoms with Crippen LogP contribution in [-0.2, 0) is 0 Å². The Balaban J connectivity index is 0.00000144. The zero-order chi connectivity index (χ0) is 11.4. The van der Waals surface area contributed by atoms with Crippen molar-refractivity contribution < 1.29 is 0 Å². The first-order valence-electron chi connectivity index (χ1n) is 5.64. The monoisotopic (exact) mass is 352 g/mol.